The number of halogens is 2. The van der Waals surface area contributed by atoms with E-state index in [0.29, 0.717) is 21.4 Å². The van der Waals surface area contributed by atoms with Crippen molar-refractivity contribution in [2.75, 3.05) is 25.1 Å². The van der Waals surface area contributed by atoms with Crippen molar-refractivity contribution in [3.8, 4) is 11.5 Å². The maximum Gasteiger partial charge on any atom is 0.264 e. The Morgan fingerprint density at radius 3 is 2.12 bits per heavy atom. The van der Waals surface area contributed by atoms with Crippen LogP contribution >= 0.6 is 23.2 Å². The van der Waals surface area contributed by atoms with Gasteiger partial charge in [0.2, 0.25) is 11.8 Å². The number of amides is 2. The largest absolute Gasteiger partial charge is 0.493 e. The molecule has 0 heterocycles. The number of nitrogens with zero attached hydrogens (tertiary/aromatic N) is 2. The fourth-order valence-electron chi connectivity index (χ4n) is 5.11. The lowest BCUT2D eigenvalue weighted by Crippen LogP contribution is -2.54. The first-order valence-electron chi connectivity index (χ1n) is 15.2. The second-order valence-corrected chi connectivity index (χ2v) is 14.2. The maximum atomic E-state index is 14.6. The van der Waals surface area contributed by atoms with E-state index in [1.54, 1.807) is 42.5 Å². The summed E-state index contributed by atoms with van der Waals surface area (Å²) in [6, 6.07) is 24.0. The zero-order chi connectivity index (χ0) is 35.0. The summed E-state index contributed by atoms with van der Waals surface area (Å²) >= 11 is 12.7. The summed E-state index contributed by atoms with van der Waals surface area (Å²) < 4.78 is 40.5. The molecule has 48 heavy (non-hydrogen) atoms. The fraction of sp³-hybridized carbons (Fsp3) is 0.278. The molecular formula is C36H39Cl2N3O6S. The zero-order valence-corrected chi connectivity index (χ0v) is 29.8. The van der Waals surface area contributed by atoms with E-state index in [0.717, 1.165) is 15.4 Å². The summed E-state index contributed by atoms with van der Waals surface area (Å²) in [7, 11) is -1.50. The number of hydrogen-bond donors (Lipinski definition) is 1. The van der Waals surface area contributed by atoms with Gasteiger partial charge in [0.15, 0.2) is 11.5 Å². The topological polar surface area (TPSA) is 105 Å². The van der Waals surface area contributed by atoms with E-state index in [9.17, 15) is 18.0 Å². The lowest BCUT2D eigenvalue weighted by molar-refractivity contribution is -0.140. The predicted molar refractivity (Wildman–Crippen MR) is 189 cm³/mol. The van der Waals surface area contributed by atoms with Crippen LogP contribution in [0.25, 0.3) is 0 Å². The van der Waals surface area contributed by atoms with Crippen LogP contribution in [-0.2, 0) is 32.6 Å². The fourth-order valence-corrected chi connectivity index (χ4v) is 7.01. The molecule has 0 saturated heterocycles. The molecule has 0 aromatic heterocycles. The van der Waals surface area contributed by atoms with Gasteiger partial charge in [0.1, 0.15) is 12.6 Å². The van der Waals surface area contributed by atoms with Gasteiger partial charge in [-0.1, -0.05) is 77.3 Å². The van der Waals surface area contributed by atoms with Gasteiger partial charge in [0.05, 0.1) is 24.8 Å². The molecule has 12 heteroatoms. The number of ether oxygens (including phenoxy) is 2. The minimum Gasteiger partial charge on any atom is -0.493 e. The average molecular weight is 713 g/mol. The normalized spacial score (nSPS) is 11.9. The minimum atomic E-state index is -4.36. The summed E-state index contributed by atoms with van der Waals surface area (Å²) in [5.74, 6) is -0.455. The van der Waals surface area contributed by atoms with Gasteiger partial charge in [-0.25, -0.2) is 8.42 Å². The number of carbonyl (C=O) groups is 2. The molecule has 0 saturated carbocycles. The van der Waals surface area contributed by atoms with Crippen LogP contribution in [0.2, 0.25) is 10.0 Å². The van der Waals surface area contributed by atoms with Crippen LogP contribution in [0.15, 0.2) is 95.9 Å². The van der Waals surface area contributed by atoms with E-state index >= 15 is 0 Å². The Bertz CT molecular complexity index is 1840. The van der Waals surface area contributed by atoms with Gasteiger partial charge in [-0.05, 0) is 68.3 Å². The summed E-state index contributed by atoms with van der Waals surface area (Å²) in [6.45, 7) is 4.82. The SMILES string of the molecule is COc1ccc(S(=O)(=O)N(CC(=O)N(Cc2ccc(Cl)cc2Cl)[C@@H](Cc2ccccc2)C(=O)NC(C)C)c2ccc(C)cc2)cc1OC. The molecule has 0 bridgehead atoms. The maximum absolute atomic E-state index is 14.6. The summed E-state index contributed by atoms with van der Waals surface area (Å²) in [5.41, 5.74) is 2.52. The Morgan fingerprint density at radius 1 is 0.854 bits per heavy atom. The lowest BCUT2D eigenvalue weighted by Gasteiger charge is -2.34. The Kier molecular flexibility index (Phi) is 12.4. The monoisotopic (exact) mass is 711 g/mol. The van der Waals surface area contributed by atoms with Crippen molar-refractivity contribution in [2.45, 2.75) is 50.7 Å². The highest BCUT2D eigenvalue weighted by Gasteiger charge is 2.35. The van der Waals surface area contributed by atoms with Gasteiger partial charge in [-0.15, -0.1) is 0 Å². The molecule has 0 unspecified atom stereocenters. The molecule has 0 fully saturated rings. The summed E-state index contributed by atoms with van der Waals surface area (Å²) in [6.07, 6.45) is 0.170. The molecule has 4 rings (SSSR count). The van der Waals surface area contributed by atoms with Crippen molar-refractivity contribution in [2.24, 2.45) is 0 Å². The van der Waals surface area contributed by atoms with Gasteiger partial charge in [0.25, 0.3) is 10.0 Å². The van der Waals surface area contributed by atoms with Crippen molar-refractivity contribution in [1.29, 1.82) is 0 Å². The third-order valence-electron chi connectivity index (χ3n) is 7.60. The molecule has 9 nitrogen and oxygen atoms in total. The second kappa shape index (κ2) is 16.2. The van der Waals surface area contributed by atoms with Crippen molar-refractivity contribution in [3.05, 3.63) is 118 Å². The van der Waals surface area contributed by atoms with Gasteiger partial charge in [-0.3, -0.25) is 13.9 Å². The molecule has 2 amide bonds. The molecule has 0 aliphatic rings. The van der Waals surface area contributed by atoms with Gasteiger partial charge in [0, 0.05) is 35.1 Å². The predicted octanol–water partition coefficient (Wildman–Crippen LogP) is 6.68. The van der Waals surface area contributed by atoms with Crippen molar-refractivity contribution in [1.82, 2.24) is 10.2 Å². The van der Waals surface area contributed by atoms with Crippen LogP contribution in [0.3, 0.4) is 0 Å². The number of anilines is 1. The van der Waals surface area contributed by atoms with E-state index in [1.165, 1.54) is 37.3 Å². The Hall–Kier alpha value is -4.25. The first-order chi connectivity index (χ1) is 22.8. The number of rotatable bonds is 14. The lowest BCUT2D eigenvalue weighted by atomic mass is 10.0. The highest BCUT2D eigenvalue weighted by Crippen LogP contribution is 2.33. The van der Waals surface area contributed by atoms with E-state index < -0.39 is 34.4 Å². The first-order valence-corrected chi connectivity index (χ1v) is 17.4. The Labute approximate surface area is 292 Å². The molecule has 4 aromatic rings. The molecular weight excluding hydrogens is 673 g/mol. The van der Waals surface area contributed by atoms with Crippen molar-refractivity contribution in [3.63, 3.8) is 0 Å². The molecule has 1 N–H and O–H groups in total. The number of aryl methyl sites for hydroxylation is 1. The highest BCUT2D eigenvalue weighted by molar-refractivity contribution is 7.92. The van der Waals surface area contributed by atoms with Crippen molar-refractivity contribution < 1.29 is 27.5 Å². The molecule has 0 radical (unpaired) electrons. The number of benzene rings is 4. The quantitative estimate of drug-likeness (QED) is 0.157. The van der Waals surface area contributed by atoms with E-state index in [2.05, 4.69) is 5.32 Å². The van der Waals surface area contributed by atoms with Crippen LogP contribution in [-0.4, -0.2) is 58.0 Å². The van der Waals surface area contributed by atoms with E-state index in [1.807, 2.05) is 51.1 Å². The molecule has 0 spiro atoms. The smallest absolute Gasteiger partial charge is 0.264 e. The number of sulfonamides is 1. The average Bonchev–Trinajstić information content (AvgIpc) is 3.06. The van der Waals surface area contributed by atoms with Crippen molar-refractivity contribution >= 4 is 50.7 Å². The van der Waals surface area contributed by atoms with Crippen LogP contribution < -0.4 is 19.1 Å². The van der Waals surface area contributed by atoms with Gasteiger partial charge < -0.3 is 19.7 Å². The summed E-state index contributed by atoms with van der Waals surface area (Å²) in [5, 5.41) is 3.65. The van der Waals surface area contributed by atoms with Crippen LogP contribution in [0.1, 0.15) is 30.5 Å². The second-order valence-electron chi connectivity index (χ2n) is 11.5. The molecule has 254 valence electrons. The third kappa shape index (κ3) is 9.00. The standard InChI is InChI=1S/C36H39Cl2N3O6S/c1-24(2)39-36(43)32(19-26-9-7-6-8-10-26)40(22-27-13-14-28(37)20-31(27)38)35(42)23-41(29-15-11-25(3)12-16-29)48(44,45)30-17-18-33(46-4)34(21-30)47-5/h6-18,20-21,24,32H,19,22-23H2,1-5H3,(H,39,43)/t32-/m0/s1. The van der Waals surface area contributed by atoms with E-state index in [-0.39, 0.29) is 35.3 Å². The van der Waals surface area contributed by atoms with E-state index in [4.69, 9.17) is 32.7 Å². The van der Waals surface area contributed by atoms with Crippen LogP contribution in [0.4, 0.5) is 5.69 Å². The minimum absolute atomic E-state index is 0.0873. The molecule has 0 aliphatic heterocycles. The molecule has 0 aliphatic carbocycles. The van der Waals surface area contributed by atoms with Gasteiger partial charge in [-0.2, -0.15) is 0 Å². The first kappa shape index (κ1) is 36.6. The van der Waals surface area contributed by atoms with Gasteiger partial charge >= 0.3 is 0 Å². The third-order valence-corrected chi connectivity index (χ3v) is 9.96. The number of nitrogens with one attached hydrogen (secondary N) is 1. The Balaban J connectivity index is 1.84. The number of methoxy groups -OCH3 is 2. The zero-order valence-electron chi connectivity index (χ0n) is 27.4. The number of hydrogen-bond acceptors (Lipinski definition) is 6. The molecule has 1 atom stereocenters. The highest BCUT2D eigenvalue weighted by atomic mass is 35.5. The molecule has 4 aromatic carbocycles. The van der Waals surface area contributed by atoms with Crippen LogP contribution in [0, 0.1) is 6.92 Å². The Morgan fingerprint density at radius 2 is 1.52 bits per heavy atom. The number of carbonyl (C=O) groups excluding carboxylic acids is 2. The summed E-state index contributed by atoms with van der Waals surface area (Å²) in [4.78, 5) is 29.8. The van der Waals surface area contributed by atoms with Crippen LogP contribution in [0.5, 0.6) is 11.5 Å².